The molecule has 4 heteroatoms. The van der Waals surface area contributed by atoms with Crippen LogP contribution in [0.15, 0.2) is 23.7 Å². The Balaban J connectivity index is 1.57. The second-order valence-electron chi connectivity index (χ2n) is 6.22. The van der Waals surface area contributed by atoms with Gasteiger partial charge in [-0.2, -0.15) is 0 Å². The van der Waals surface area contributed by atoms with E-state index in [9.17, 15) is 0 Å². The fraction of sp³-hybridized carbons (Fsp3) is 0.588. The van der Waals surface area contributed by atoms with Crippen molar-refractivity contribution in [2.45, 2.75) is 45.2 Å². The summed E-state index contributed by atoms with van der Waals surface area (Å²) in [5.74, 6) is 0. The van der Waals surface area contributed by atoms with Crippen LogP contribution >= 0.6 is 11.3 Å². The molecule has 3 rings (SSSR count). The van der Waals surface area contributed by atoms with Crippen molar-refractivity contribution in [2.24, 2.45) is 0 Å². The molecule has 1 saturated heterocycles. The minimum absolute atomic E-state index is 0.351. The lowest BCUT2D eigenvalue weighted by atomic mass is 10.1. The second kappa shape index (κ2) is 6.86. The van der Waals surface area contributed by atoms with Gasteiger partial charge < -0.3 is 10.2 Å². The zero-order valence-electron chi connectivity index (χ0n) is 13.0. The average molecular weight is 303 g/mol. The van der Waals surface area contributed by atoms with Crippen molar-refractivity contribution in [3.8, 4) is 0 Å². The average Bonchev–Trinajstić information content (AvgIpc) is 2.95. The van der Waals surface area contributed by atoms with Gasteiger partial charge in [-0.05, 0) is 62.9 Å². The molecule has 2 atom stereocenters. The Kier molecular flexibility index (Phi) is 4.88. The van der Waals surface area contributed by atoms with Crippen LogP contribution in [0.25, 0.3) is 10.2 Å². The first-order chi connectivity index (χ1) is 10.2. The maximum Gasteiger partial charge on any atom is 0.0809 e. The quantitative estimate of drug-likeness (QED) is 0.910. The van der Waals surface area contributed by atoms with Crippen molar-refractivity contribution in [1.82, 2.24) is 15.2 Å². The normalized spacial score (nSPS) is 19.7. The van der Waals surface area contributed by atoms with Crippen molar-refractivity contribution in [3.05, 3.63) is 29.3 Å². The van der Waals surface area contributed by atoms with Crippen LogP contribution in [0.2, 0.25) is 0 Å². The Morgan fingerprint density at radius 3 is 2.90 bits per heavy atom. The summed E-state index contributed by atoms with van der Waals surface area (Å²) in [5, 5.41) is 5.83. The van der Waals surface area contributed by atoms with Crippen molar-refractivity contribution in [1.29, 1.82) is 0 Å². The molecule has 1 aliphatic heterocycles. The summed E-state index contributed by atoms with van der Waals surface area (Å²) >= 11 is 1.77. The molecule has 2 aromatic heterocycles. The molecule has 114 valence electrons. The smallest absolute Gasteiger partial charge is 0.0809 e. The third kappa shape index (κ3) is 3.82. The summed E-state index contributed by atoms with van der Waals surface area (Å²) in [6.07, 6.45) is 6.14. The summed E-state index contributed by atoms with van der Waals surface area (Å²) in [7, 11) is 0. The Hall–Kier alpha value is -0.970. The van der Waals surface area contributed by atoms with Gasteiger partial charge in [0.1, 0.15) is 0 Å². The van der Waals surface area contributed by atoms with Gasteiger partial charge in [-0.3, -0.25) is 4.98 Å². The Bertz CT molecular complexity index is 574. The van der Waals surface area contributed by atoms with Crippen molar-refractivity contribution < 1.29 is 0 Å². The molecular weight excluding hydrogens is 278 g/mol. The van der Waals surface area contributed by atoms with Crippen LogP contribution in [0.5, 0.6) is 0 Å². The molecular formula is C17H25N3S. The van der Waals surface area contributed by atoms with E-state index >= 15 is 0 Å². The highest BCUT2D eigenvalue weighted by molar-refractivity contribution is 7.17. The summed E-state index contributed by atoms with van der Waals surface area (Å²) in [4.78, 5) is 7.14. The van der Waals surface area contributed by atoms with Gasteiger partial charge in [0, 0.05) is 24.8 Å². The molecule has 3 nitrogen and oxygen atoms in total. The fourth-order valence-electron chi connectivity index (χ4n) is 3.20. The SMILES string of the molecule is CC(CN1CCCCC1)NC(C)c1cnc2ccsc2c1. The molecule has 0 saturated carbocycles. The number of likely N-dealkylation sites (tertiary alicyclic amines) is 1. The maximum absolute atomic E-state index is 4.55. The Morgan fingerprint density at radius 1 is 1.29 bits per heavy atom. The number of hydrogen-bond donors (Lipinski definition) is 1. The van der Waals surface area contributed by atoms with E-state index in [1.807, 2.05) is 6.20 Å². The van der Waals surface area contributed by atoms with Gasteiger partial charge in [0.25, 0.3) is 0 Å². The molecule has 1 fully saturated rings. The van der Waals surface area contributed by atoms with E-state index in [1.54, 1.807) is 11.3 Å². The van der Waals surface area contributed by atoms with Gasteiger partial charge in [-0.15, -0.1) is 11.3 Å². The summed E-state index contributed by atoms with van der Waals surface area (Å²) < 4.78 is 1.28. The van der Waals surface area contributed by atoms with E-state index in [-0.39, 0.29) is 0 Å². The number of aromatic nitrogens is 1. The molecule has 0 aliphatic carbocycles. The van der Waals surface area contributed by atoms with Crippen LogP contribution in [0.4, 0.5) is 0 Å². The maximum atomic E-state index is 4.55. The molecule has 0 bridgehead atoms. The third-order valence-corrected chi connectivity index (χ3v) is 5.19. The molecule has 0 radical (unpaired) electrons. The van der Waals surface area contributed by atoms with Gasteiger partial charge in [0.15, 0.2) is 0 Å². The van der Waals surface area contributed by atoms with Crippen LogP contribution in [0.1, 0.15) is 44.7 Å². The van der Waals surface area contributed by atoms with Gasteiger partial charge in [-0.25, -0.2) is 0 Å². The lowest BCUT2D eigenvalue weighted by Gasteiger charge is -2.30. The van der Waals surface area contributed by atoms with Crippen LogP contribution < -0.4 is 5.32 Å². The monoisotopic (exact) mass is 303 g/mol. The summed E-state index contributed by atoms with van der Waals surface area (Å²) in [6.45, 7) is 8.22. The van der Waals surface area contributed by atoms with E-state index in [1.165, 1.54) is 42.6 Å². The fourth-order valence-corrected chi connectivity index (χ4v) is 3.99. The predicted octanol–water partition coefficient (Wildman–Crippen LogP) is 3.82. The molecule has 1 N–H and O–H groups in total. The number of nitrogens with zero attached hydrogens (tertiary/aromatic N) is 2. The number of hydrogen-bond acceptors (Lipinski definition) is 4. The van der Waals surface area contributed by atoms with Gasteiger partial charge in [-0.1, -0.05) is 6.42 Å². The van der Waals surface area contributed by atoms with Crippen LogP contribution in [0.3, 0.4) is 0 Å². The zero-order valence-corrected chi connectivity index (χ0v) is 13.8. The van der Waals surface area contributed by atoms with Gasteiger partial charge in [0.2, 0.25) is 0 Å². The summed E-state index contributed by atoms with van der Waals surface area (Å²) in [6, 6.07) is 5.22. The Morgan fingerprint density at radius 2 is 2.10 bits per heavy atom. The minimum Gasteiger partial charge on any atom is -0.306 e. The standard InChI is InChI=1S/C17H25N3S/c1-13(12-20-7-4-3-5-8-20)19-14(2)15-10-17-16(18-11-15)6-9-21-17/h6,9-11,13-14,19H,3-5,7-8,12H2,1-2H3. The minimum atomic E-state index is 0.351. The van der Waals surface area contributed by atoms with Gasteiger partial charge >= 0.3 is 0 Å². The van der Waals surface area contributed by atoms with Crippen molar-refractivity contribution >= 4 is 21.6 Å². The lowest BCUT2D eigenvalue weighted by molar-refractivity contribution is 0.205. The highest BCUT2D eigenvalue weighted by Gasteiger charge is 2.16. The van der Waals surface area contributed by atoms with Crippen LogP contribution in [-0.2, 0) is 0 Å². The number of nitrogens with one attached hydrogen (secondary N) is 1. The number of rotatable bonds is 5. The zero-order chi connectivity index (χ0) is 14.7. The lowest BCUT2D eigenvalue weighted by Crippen LogP contribution is -2.42. The summed E-state index contributed by atoms with van der Waals surface area (Å²) in [5.41, 5.74) is 2.40. The van der Waals surface area contributed by atoms with E-state index in [0.29, 0.717) is 12.1 Å². The van der Waals surface area contributed by atoms with Crippen LogP contribution in [0, 0.1) is 0 Å². The molecule has 3 heterocycles. The number of piperidine rings is 1. The molecule has 0 amide bonds. The highest BCUT2D eigenvalue weighted by atomic mass is 32.1. The molecule has 21 heavy (non-hydrogen) atoms. The number of thiophene rings is 1. The number of fused-ring (bicyclic) bond motifs is 1. The molecule has 0 spiro atoms. The van der Waals surface area contributed by atoms with E-state index in [0.717, 1.165) is 12.1 Å². The molecule has 2 aromatic rings. The van der Waals surface area contributed by atoms with Crippen LogP contribution in [-0.4, -0.2) is 35.6 Å². The largest absolute Gasteiger partial charge is 0.306 e. The first-order valence-electron chi connectivity index (χ1n) is 8.04. The van der Waals surface area contributed by atoms with Crippen molar-refractivity contribution in [3.63, 3.8) is 0 Å². The topological polar surface area (TPSA) is 28.2 Å². The van der Waals surface area contributed by atoms with E-state index in [4.69, 9.17) is 0 Å². The third-order valence-electron chi connectivity index (χ3n) is 4.34. The first kappa shape index (κ1) is 14.9. The van der Waals surface area contributed by atoms with Crippen molar-refractivity contribution in [2.75, 3.05) is 19.6 Å². The molecule has 0 aromatic carbocycles. The van der Waals surface area contributed by atoms with E-state index in [2.05, 4.69) is 46.6 Å². The highest BCUT2D eigenvalue weighted by Crippen LogP contribution is 2.23. The second-order valence-corrected chi connectivity index (χ2v) is 7.17. The Labute approximate surface area is 131 Å². The van der Waals surface area contributed by atoms with E-state index < -0.39 is 0 Å². The van der Waals surface area contributed by atoms with Gasteiger partial charge in [0.05, 0.1) is 10.2 Å². The number of pyridine rings is 1. The molecule has 2 unspecified atom stereocenters. The molecule has 1 aliphatic rings. The predicted molar refractivity (Wildman–Crippen MR) is 90.9 cm³/mol. The first-order valence-corrected chi connectivity index (χ1v) is 8.92.